The van der Waals surface area contributed by atoms with Crippen molar-refractivity contribution >= 4 is 17.3 Å². The zero-order valence-electron chi connectivity index (χ0n) is 14.3. The predicted molar refractivity (Wildman–Crippen MR) is 104 cm³/mol. The Bertz CT molecular complexity index is 879. The number of hydrogen-bond donors (Lipinski definition) is 0. The molecule has 130 valence electrons. The Labute approximate surface area is 158 Å². The van der Waals surface area contributed by atoms with Crippen molar-refractivity contribution in [2.24, 2.45) is 11.1 Å². The van der Waals surface area contributed by atoms with Gasteiger partial charge in [0.05, 0.1) is 5.69 Å². The van der Waals surface area contributed by atoms with Crippen LogP contribution < -0.4 is 0 Å². The van der Waals surface area contributed by atoms with Gasteiger partial charge in [0, 0.05) is 17.1 Å². The molecular weight excluding hydrogens is 344 g/mol. The summed E-state index contributed by atoms with van der Waals surface area (Å²) in [5.74, 6) is 0.827. The molecule has 0 aliphatic heterocycles. The van der Waals surface area contributed by atoms with Crippen LogP contribution in [-0.4, -0.2) is 10.7 Å². The van der Waals surface area contributed by atoms with E-state index >= 15 is 0 Å². The quantitative estimate of drug-likeness (QED) is 0.431. The first-order valence-electron chi connectivity index (χ1n) is 8.72. The maximum Gasteiger partial charge on any atom is 0.142 e. The molecule has 0 amide bonds. The highest BCUT2D eigenvalue weighted by Crippen LogP contribution is 2.49. The molecule has 0 unspecified atom stereocenters. The lowest BCUT2D eigenvalue weighted by Gasteiger charge is -2.07. The van der Waals surface area contributed by atoms with Crippen molar-refractivity contribution in [2.75, 3.05) is 0 Å². The number of hydrogen-bond acceptors (Lipinski definition) is 3. The second kappa shape index (κ2) is 7.71. The molecule has 2 atom stereocenters. The highest BCUT2D eigenvalue weighted by molar-refractivity contribution is 6.30. The third kappa shape index (κ3) is 3.94. The lowest BCUT2D eigenvalue weighted by Crippen LogP contribution is -2.08. The summed E-state index contributed by atoms with van der Waals surface area (Å²) in [5, 5.41) is 5.19. The monoisotopic (exact) mass is 362 g/mol. The van der Waals surface area contributed by atoms with Crippen LogP contribution in [0.2, 0.25) is 5.02 Å². The summed E-state index contributed by atoms with van der Waals surface area (Å²) in [7, 11) is 0. The average Bonchev–Trinajstić information content (AvgIpc) is 3.49. The van der Waals surface area contributed by atoms with Crippen LogP contribution >= 0.6 is 11.6 Å². The van der Waals surface area contributed by atoms with Gasteiger partial charge in [-0.25, -0.2) is 0 Å². The number of nitrogens with zero attached hydrogens (tertiary/aromatic N) is 2. The van der Waals surface area contributed by atoms with Crippen molar-refractivity contribution in [1.82, 2.24) is 4.98 Å². The van der Waals surface area contributed by atoms with Crippen molar-refractivity contribution in [3.05, 3.63) is 101 Å². The van der Waals surface area contributed by atoms with Crippen LogP contribution in [0, 0.1) is 5.92 Å². The Morgan fingerprint density at radius 1 is 1.00 bits per heavy atom. The van der Waals surface area contributed by atoms with Gasteiger partial charge in [-0.05, 0) is 47.7 Å². The summed E-state index contributed by atoms with van der Waals surface area (Å²) < 4.78 is 0. The number of aromatic nitrogens is 1. The minimum atomic E-state index is 0.345. The van der Waals surface area contributed by atoms with Gasteiger partial charge >= 0.3 is 0 Å². The normalized spacial score (nSPS) is 19.2. The maximum atomic E-state index is 5.92. The molecule has 0 bridgehead atoms. The Morgan fingerprint density at radius 3 is 2.50 bits per heavy atom. The van der Waals surface area contributed by atoms with Crippen LogP contribution in [-0.2, 0) is 11.4 Å². The third-order valence-electron chi connectivity index (χ3n) is 4.60. The smallest absolute Gasteiger partial charge is 0.142 e. The van der Waals surface area contributed by atoms with E-state index in [2.05, 4.69) is 34.4 Å². The van der Waals surface area contributed by atoms with E-state index in [9.17, 15) is 0 Å². The second-order valence-corrected chi connectivity index (χ2v) is 6.89. The Hall–Kier alpha value is -2.65. The fraction of sp³-hybridized carbons (Fsp3) is 0.182. The summed E-state index contributed by atoms with van der Waals surface area (Å²) in [6.07, 6.45) is 2.87. The molecule has 1 aliphatic carbocycles. The zero-order chi connectivity index (χ0) is 17.8. The number of rotatable bonds is 6. The molecule has 1 saturated carbocycles. The van der Waals surface area contributed by atoms with Crippen LogP contribution in [0.3, 0.4) is 0 Å². The Morgan fingerprint density at radius 2 is 1.77 bits per heavy atom. The molecule has 2 aromatic carbocycles. The predicted octanol–water partition coefficient (Wildman–Crippen LogP) is 5.46. The van der Waals surface area contributed by atoms with Crippen LogP contribution in [0.25, 0.3) is 0 Å². The van der Waals surface area contributed by atoms with Crippen molar-refractivity contribution in [3.8, 4) is 0 Å². The number of benzene rings is 2. The molecule has 1 fully saturated rings. The van der Waals surface area contributed by atoms with E-state index in [-0.39, 0.29) is 0 Å². The Kier molecular flexibility index (Phi) is 4.98. The van der Waals surface area contributed by atoms with E-state index in [0.29, 0.717) is 18.4 Å². The average molecular weight is 363 g/mol. The van der Waals surface area contributed by atoms with E-state index in [1.807, 2.05) is 48.5 Å². The molecule has 3 nitrogen and oxygen atoms in total. The minimum Gasteiger partial charge on any atom is -0.391 e. The lowest BCUT2D eigenvalue weighted by molar-refractivity contribution is 0.129. The van der Waals surface area contributed by atoms with E-state index < -0.39 is 0 Å². The van der Waals surface area contributed by atoms with Crippen LogP contribution in [0.15, 0.2) is 84.1 Å². The first-order chi connectivity index (χ1) is 12.8. The first kappa shape index (κ1) is 16.8. The van der Waals surface area contributed by atoms with E-state index in [1.54, 1.807) is 6.20 Å². The number of oxime groups is 1. The van der Waals surface area contributed by atoms with Gasteiger partial charge in [0.15, 0.2) is 0 Å². The first-order valence-corrected chi connectivity index (χ1v) is 9.10. The number of halogens is 1. The maximum absolute atomic E-state index is 5.92. The van der Waals surface area contributed by atoms with Crippen LogP contribution in [0.5, 0.6) is 0 Å². The molecule has 26 heavy (non-hydrogen) atoms. The van der Waals surface area contributed by atoms with E-state index in [4.69, 9.17) is 16.4 Å². The van der Waals surface area contributed by atoms with Gasteiger partial charge in [-0.2, -0.15) is 0 Å². The third-order valence-corrected chi connectivity index (χ3v) is 4.86. The highest BCUT2D eigenvalue weighted by atomic mass is 35.5. The summed E-state index contributed by atoms with van der Waals surface area (Å²) >= 11 is 5.92. The van der Waals surface area contributed by atoms with Gasteiger partial charge in [0.2, 0.25) is 0 Å². The molecule has 1 aliphatic rings. The largest absolute Gasteiger partial charge is 0.391 e. The van der Waals surface area contributed by atoms with Crippen molar-refractivity contribution in [2.45, 2.75) is 18.9 Å². The Balaban J connectivity index is 1.51. The van der Waals surface area contributed by atoms with Gasteiger partial charge in [-0.15, -0.1) is 0 Å². The molecule has 1 aromatic heterocycles. The fourth-order valence-electron chi connectivity index (χ4n) is 3.14. The standard InChI is InChI=1S/C22H19ClN2O/c23-18-11-9-16(10-12-18)15-26-25-22(21-8-4-5-13-24-21)20-14-19(20)17-6-2-1-3-7-17/h1-13,19-20H,14-15H2/b25-22+/t19-,20+/m1/s1. The summed E-state index contributed by atoms with van der Waals surface area (Å²) in [5.41, 5.74) is 4.19. The van der Waals surface area contributed by atoms with Gasteiger partial charge in [-0.1, -0.05) is 65.3 Å². The van der Waals surface area contributed by atoms with Gasteiger partial charge < -0.3 is 4.84 Å². The second-order valence-electron chi connectivity index (χ2n) is 6.45. The molecule has 4 heteroatoms. The van der Waals surface area contributed by atoms with Gasteiger partial charge in [0.25, 0.3) is 0 Å². The van der Waals surface area contributed by atoms with Crippen LogP contribution in [0.4, 0.5) is 0 Å². The van der Waals surface area contributed by atoms with Crippen molar-refractivity contribution in [3.63, 3.8) is 0 Å². The lowest BCUT2D eigenvalue weighted by atomic mass is 10.1. The topological polar surface area (TPSA) is 34.5 Å². The summed E-state index contributed by atoms with van der Waals surface area (Å²) in [4.78, 5) is 10.1. The summed E-state index contributed by atoms with van der Waals surface area (Å²) in [6, 6.07) is 24.1. The van der Waals surface area contributed by atoms with E-state index in [1.165, 1.54) is 5.56 Å². The molecular formula is C22H19ClN2O. The van der Waals surface area contributed by atoms with Crippen molar-refractivity contribution in [1.29, 1.82) is 0 Å². The molecule has 3 aromatic rings. The summed E-state index contributed by atoms with van der Waals surface area (Å²) in [6.45, 7) is 0.413. The number of pyridine rings is 1. The van der Waals surface area contributed by atoms with Gasteiger partial charge in [0.1, 0.15) is 12.3 Å². The highest BCUT2D eigenvalue weighted by Gasteiger charge is 2.43. The van der Waals surface area contributed by atoms with Crippen molar-refractivity contribution < 1.29 is 4.84 Å². The van der Waals surface area contributed by atoms with Gasteiger partial charge in [-0.3, -0.25) is 4.98 Å². The van der Waals surface area contributed by atoms with E-state index in [0.717, 1.165) is 28.4 Å². The SMILES string of the molecule is Clc1ccc(CO/N=C(/c2ccccn2)[C@H]2C[C@@H]2c2ccccc2)cc1. The molecule has 0 radical (unpaired) electrons. The fourth-order valence-corrected chi connectivity index (χ4v) is 3.27. The van der Waals surface area contributed by atoms with Crippen LogP contribution in [0.1, 0.15) is 29.2 Å². The molecule has 4 rings (SSSR count). The minimum absolute atomic E-state index is 0.345. The molecule has 0 N–H and O–H groups in total. The molecule has 0 saturated heterocycles. The molecule has 1 heterocycles. The molecule has 0 spiro atoms. The zero-order valence-corrected chi connectivity index (χ0v) is 15.0.